The van der Waals surface area contributed by atoms with E-state index in [1.807, 2.05) is 0 Å². The molecule has 0 radical (unpaired) electrons. The zero-order chi connectivity index (χ0) is 14.9. The molecule has 0 heterocycles. The summed E-state index contributed by atoms with van der Waals surface area (Å²) >= 11 is -2.79. The van der Waals surface area contributed by atoms with Crippen LogP contribution in [0.4, 0.5) is 0 Å². The van der Waals surface area contributed by atoms with Crippen molar-refractivity contribution in [1.29, 1.82) is 0 Å². The van der Waals surface area contributed by atoms with Gasteiger partial charge < -0.3 is 0 Å². The minimum atomic E-state index is -2.79. The van der Waals surface area contributed by atoms with Crippen LogP contribution in [-0.4, -0.2) is 43.5 Å². The van der Waals surface area contributed by atoms with E-state index in [-0.39, 0.29) is 5.97 Å². The van der Waals surface area contributed by atoms with Gasteiger partial charge in [0.1, 0.15) is 0 Å². The number of ether oxygens (including phenoxy) is 2. The van der Waals surface area contributed by atoms with E-state index in [1.54, 1.807) is 13.8 Å². The molecular formula is C14H26O4Sn. The van der Waals surface area contributed by atoms with E-state index in [1.165, 1.54) is 6.08 Å². The van der Waals surface area contributed by atoms with Crippen molar-refractivity contribution < 1.29 is 19.1 Å². The monoisotopic (exact) mass is 378 g/mol. The summed E-state index contributed by atoms with van der Waals surface area (Å²) in [5.74, 6) is -0.751. The second kappa shape index (κ2) is 9.39. The summed E-state index contributed by atoms with van der Waals surface area (Å²) in [6, 6.07) is 0. The Morgan fingerprint density at radius 2 is 1.37 bits per heavy atom. The van der Waals surface area contributed by atoms with Crippen LogP contribution in [0.3, 0.4) is 0 Å². The molecule has 0 spiro atoms. The molecular weight excluding hydrogens is 351 g/mol. The molecule has 0 amide bonds. The number of hydrogen-bond acceptors (Lipinski definition) is 4. The summed E-state index contributed by atoms with van der Waals surface area (Å²) in [5, 5.41) is 0. The fraction of sp³-hybridized carbons (Fsp3) is 0.714. The Labute approximate surface area is 120 Å². The van der Waals surface area contributed by atoms with E-state index in [9.17, 15) is 9.59 Å². The van der Waals surface area contributed by atoms with Gasteiger partial charge in [-0.2, -0.15) is 0 Å². The first kappa shape index (κ1) is 18.5. The molecule has 0 N–H and O–H groups in total. The van der Waals surface area contributed by atoms with Gasteiger partial charge in [0.15, 0.2) is 0 Å². The van der Waals surface area contributed by atoms with Crippen molar-refractivity contribution >= 4 is 30.3 Å². The van der Waals surface area contributed by atoms with Crippen molar-refractivity contribution in [3.63, 3.8) is 0 Å². The molecule has 110 valence electrons. The maximum absolute atomic E-state index is 12.2. The molecule has 0 fully saturated rings. The third-order valence-electron chi connectivity index (χ3n) is 3.65. The molecule has 4 nitrogen and oxygen atoms in total. The van der Waals surface area contributed by atoms with Gasteiger partial charge in [-0.05, 0) is 0 Å². The number of carbonyl (C=O) groups is 2. The molecule has 0 aromatic carbocycles. The number of rotatable bonds is 8. The molecule has 0 unspecified atom stereocenters. The minimum absolute atomic E-state index is 0.318. The first-order valence-corrected chi connectivity index (χ1v) is 14.5. The second-order valence-electron chi connectivity index (χ2n) is 4.37. The molecule has 0 aliphatic carbocycles. The van der Waals surface area contributed by atoms with Crippen LogP contribution in [-0.2, 0) is 19.1 Å². The van der Waals surface area contributed by atoms with Gasteiger partial charge in [0.05, 0.1) is 0 Å². The van der Waals surface area contributed by atoms with Crippen LogP contribution in [0.25, 0.3) is 0 Å². The third-order valence-corrected chi connectivity index (χ3v) is 19.5. The number of carbonyl (C=O) groups excluding carboxylic acids is 2. The summed E-state index contributed by atoms with van der Waals surface area (Å²) in [7, 11) is 0. The van der Waals surface area contributed by atoms with Crippen LogP contribution >= 0.6 is 0 Å². The Bertz CT molecular complexity index is 324. The second-order valence-corrected chi connectivity index (χ2v) is 19.3. The molecule has 5 heteroatoms. The predicted octanol–water partition coefficient (Wildman–Crippen LogP) is 3.09. The summed E-state index contributed by atoms with van der Waals surface area (Å²) in [6.07, 6.45) is 1.40. The van der Waals surface area contributed by atoms with Crippen molar-refractivity contribution in [2.75, 3.05) is 13.2 Å². The van der Waals surface area contributed by atoms with Gasteiger partial charge in [-0.15, -0.1) is 0 Å². The first-order chi connectivity index (χ1) is 9.01. The molecule has 0 aliphatic rings. The average Bonchev–Trinajstić information content (AvgIpc) is 2.40. The van der Waals surface area contributed by atoms with E-state index in [0.29, 0.717) is 16.8 Å². The fourth-order valence-electron chi connectivity index (χ4n) is 2.26. The van der Waals surface area contributed by atoms with Crippen LogP contribution in [0.15, 0.2) is 9.67 Å². The van der Waals surface area contributed by atoms with Crippen molar-refractivity contribution in [3.8, 4) is 0 Å². The third kappa shape index (κ3) is 5.16. The molecule has 0 saturated carbocycles. The van der Waals surface area contributed by atoms with Crippen LogP contribution in [0.2, 0.25) is 13.3 Å². The van der Waals surface area contributed by atoms with Crippen molar-refractivity contribution in [3.05, 3.63) is 9.67 Å². The zero-order valence-corrected chi connectivity index (χ0v) is 15.6. The van der Waals surface area contributed by atoms with E-state index in [2.05, 4.69) is 20.8 Å². The van der Waals surface area contributed by atoms with Crippen molar-refractivity contribution in [1.82, 2.24) is 0 Å². The molecule has 0 bridgehead atoms. The molecule has 0 aromatic heterocycles. The van der Waals surface area contributed by atoms with Gasteiger partial charge in [-0.25, -0.2) is 0 Å². The predicted molar refractivity (Wildman–Crippen MR) is 78.5 cm³/mol. The van der Waals surface area contributed by atoms with Gasteiger partial charge >= 0.3 is 120 Å². The van der Waals surface area contributed by atoms with Gasteiger partial charge in [0.25, 0.3) is 0 Å². The Morgan fingerprint density at radius 3 is 1.74 bits per heavy atom. The van der Waals surface area contributed by atoms with Gasteiger partial charge in [0.2, 0.25) is 0 Å². The molecule has 0 rings (SSSR count). The first-order valence-electron chi connectivity index (χ1n) is 7.07. The topological polar surface area (TPSA) is 52.6 Å². The average molecular weight is 377 g/mol. The molecule has 0 atom stereocenters. The summed E-state index contributed by atoms with van der Waals surface area (Å²) in [5.41, 5.74) is 0. The van der Waals surface area contributed by atoms with Crippen LogP contribution in [0.1, 0.15) is 34.6 Å². The number of hydrogen-bond donors (Lipinski definition) is 0. The molecule has 0 aromatic rings. The zero-order valence-electron chi connectivity index (χ0n) is 12.7. The summed E-state index contributed by atoms with van der Waals surface area (Å²) in [6.45, 7) is 10.5. The Hall–Kier alpha value is -0.521. The van der Waals surface area contributed by atoms with Gasteiger partial charge in [-0.3, -0.25) is 0 Å². The van der Waals surface area contributed by atoms with Crippen molar-refractivity contribution in [2.24, 2.45) is 0 Å². The standard InChI is InChI=1S/C8H11O4.3C2H5.Sn/c1-3-11-7(9)5-6-8(10)12-4-2;3*1-2;/h5H,3-4H2,1-2H3;3*1H2,2H3;. The SMILES string of the molecule is CCOC(=O)C=[C](C(=O)OCC)[Sn]([CH2]C)([CH2]C)[CH2]C. The maximum atomic E-state index is 12.2. The van der Waals surface area contributed by atoms with E-state index in [0.717, 1.165) is 13.3 Å². The van der Waals surface area contributed by atoms with Crippen LogP contribution in [0, 0.1) is 0 Å². The quantitative estimate of drug-likeness (QED) is 0.371. The van der Waals surface area contributed by atoms with E-state index < -0.39 is 24.3 Å². The van der Waals surface area contributed by atoms with Crippen LogP contribution < -0.4 is 0 Å². The fourth-order valence-corrected chi connectivity index (χ4v) is 12.5. The van der Waals surface area contributed by atoms with Crippen LogP contribution in [0.5, 0.6) is 0 Å². The Morgan fingerprint density at radius 1 is 0.895 bits per heavy atom. The Kier molecular flexibility index (Phi) is 9.14. The van der Waals surface area contributed by atoms with Gasteiger partial charge in [0, 0.05) is 0 Å². The molecule has 0 aliphatic heterocycles. The molecule has 19 heavy (non-hydrogen) atoms. The van der Waals surface area contributed by atoms with E-state index >= 15 is 0 Å². The van der Waals surface area contributed by atoms with Crippen molar-refractivity contribution in [2.45, 2.75) is 47.9 Å². The normalized spacial score (nSPS) is 12.2. The van der Waals surface area contributed by atoms with Gasteiger partial charge in [-0.1, -0.05) is 0 Å². The summed E-state index contributed by atoms with van der Waals surface area (Å²) < 4.78 is 13.7. The van der Waals surface area contributed by atoms with E-state index in [4.69, 9.17) is 9.47 Å². The summed E-state index contributed by atoms with van der Waals surface area (Å²) in [4.78, 5) is 23.8. The molecule has 0 saturated heterocycles. The number of esters is 2. The Balaban J connectivity index is 5.48.